The zero-order valence-corrected chi connectivity index (χ0v) is 10.5. The smallest absolute Gasteiger partial charge is 0.0681 e. The molecule has 0 atom stereocenters. The zero-order chi connectivity index (χ0) is 13.2. The van der Waals surface area contributed by atoms with Crippen molar-refractivity contribution in [3.05, 3.63) is 66.2 Å². The van der Waals surface area contributed by atoms with E-state index in [-0.39, 0.29) is 6.61 Å². The molecule has 0 aromatic heterocycles. The normalized spacial score (nSPS) is 10.8. The standard InChI is InChI=1S/C17H15NO/c18-17-10-9-14(15-3-1-2-4-16(15)17)13-7-5-12(11-19)6-8-13/h1-10,19H,11,18H2. The number of aliphatic hydroxyl groups is 1. The number of nitrogens with two attached hydrogens (primary N) is 1. The highest BCUT2D eigenvalue weighted by Gasteiger charge is 2.05. The number of benzene rings is 3. The summed E-state index contributed by atoms with van der Waals surface area (Å²) >= 11 is 0. The van der Waals surface area contributed by atoms with Gasteiger partial charge in [-0.3, -0.25) is 0 Å². The van der Waals surface area contributed by atoms with E-state index in [1.165, 1.54) is 0 Å². The van der Waals surface area contributed by atoms with Crippen molar-refractivity contribution in [1.29, 1.82) is 0 Å². The molecule has 94 valence electrons. The summed E-state index contributed by atoms with van der Waals surface area (Å²) in [7, 11) is 0. The number of rotatable bonds is 2. The van der Waals surface area contributed by atoms with Crippen molar-refractivity contribution < 1.29 is 5.11 Å². The summed E-state index contributed by atoms with van der Waals surface area (Å²) in [6.45, 7) is 0.0722. The Bertz CT molecular complexity index is 717. The van der Waals surface area contributed by atoms with E-state index < -0.39 is 0 Å². The maximum absolute atomic E-state index is 9.09. The highest BCUT2D eigenvalue weighted by molar-refractivity contribution is 6.02. The Kier molecular flexibility index (Phi) is 2.94. The maximum atomic E-state index is 9.09. The van der Waals surface area contributed by atoms with E-state index in [1.807, 2.05) is 54.6 Å². The zero-order valence-electron chi connectivity index (χ0n) is 10.5. The number of fused-ring (bicyclic) bond motifs is 1. The molecule has 3 aromatic rings. The Balaban J connectivity index is 2.21. The fraction of sp³-hybridized carbons (Fsp3) is 0.0588. The van der Waals surface area contributed by atoms with E-state index in [0.29, 0.717) is 0 Å². The topological polar surface area (TPSA) is 46.2 Å². The molecule has 19 heavy (non-hydrogen) atoms. The number of nitrogen functional groups attached to an aromatic ring is 1. The molecule has 0 radical (unpaired) electrons. The first-order chi connectivity index (χ1) is 9.29. The molecule has 0 aliphatic heterocycles. The van der Waals surface area contributed by atoms with Crippen molar-refractivity contribution in [2.45, 2.75) is 6.61 Å². The number of hydrogen-bond acceptors (Lipinski definition) is 2. The highest BCUT2D eigenvalue weighted by atomic mass is 16.3. The predicted octanol–water partition coefficient (Wildman–Crippen LogP) is 3.58. The maximum Gasteiger partial charge on any atom is 0.0681 e. The van der Waals surface area contributed by atoms with Crippen molar-refractivity contribution >= 4 is 16.5 Å². The molecule has 3 rings (SSSR count). The number of hydrogen-bond donors (Lipinski definition) is 2. The van der Waals surface area contributed by atoms with Crippen LogP contribution in [-0.2, 0) is 6.61 Å². The summed E-state index contributed by atoms with van der Waals surface area (Å²) in [5.41, 5.74) is 10.0. The van der Waals surface area contributed by atoms with Crippen molar-refractivity contribution in [2.24, 2.45) is 0 Å². The van der Waals surface area contributed by atoms with Gasteiger partial charge < -0.3 is 10.8 Å². The molecule has 0 amide bonds. The van der Waals surface area contributed by atoms with Crippen LogP contribution >= 0.6 is 0 Å². The molecule has 0 saturated carbocycles. The molecule has 2 heteroatoms. The molecule has 0 heterocycles. The molecule has 2 nitrogen and oxygen atoms in total. The second kappa shape index (κ2) is 4.75. The minimum Gasteiger partial charge on any atom is -0.398 e. The fourth-order valence-corrected chi connectivity index (χ4v) is 2.36. The van der Waals surface area contributed by atoms with Gasteiger partial charge in [0.25, 0.3) is 0 Å². The summed E-state index contributed by atoms with van der Waals surface area (Å²) in [6.07, 6.45) is 0. The first-order valence-corrected chi connectivity index (χ1v) is 6.27. The van der Waals surface area contributed by atoms with Crippen LogP contribution in [0.4, 0.5) is 5.69 Å². The van der Waals surface area contributed by atoms with Gasteiger partial charge in [0.1, 0.15) is 0 Å². The summed E-state index contributed by atoms with van der Waals surface area (Å²) in [4.78, 5) is 0. The predicted molar refractivity (Wildman–Crippen MR) is 79.7 cm³/mol. The van der Waals surface area contributed by atoms with E-state index in [4.69, 9.17) is 10.8 Å². The van der Waals surface area contributed by atoms with E-state index in [1.54, 1.807) is 0 Å². The highest BCUT2D eigenvalue weighted by Crippen LogP contribution is 2.31. The lowest BCUT2D eigenvalue weighted by Gasteiger charge is -2.09. The minimum atomic E-state index is 0.0722. The first-order valence-electron chi connectivity index (χ1n) is 6.27. The van der Waals surface area contributed by atoms with Gasteiger partial charge >= 0.3 is 0 Å². The average molecular weight is 249 g/mol. The average Bonchev–Trinajstić information content (AvgIpc) is 2.48. The summed E-state index contributed by atoms with van der Waals surface area (Å²) in [5.74, 6) is 0. The molecular formula is C17H15NO. The van der Waals surface area contributed by atoms with E-state index in [9.17, 15) is 0 Å². The van der Waals surface area contributed by atoms with Gasteiger partial charge in [0.15, 0.2) is 0 Å². The van der Waals surface area contributed by atoms with Crippen LogP contribution in [0.25, 0.3) is 21.9 Å². The Morgan fingerprint density at radius 1 is 0.789 bits per heavy atom. The molecule has 0 unspecified atom stereocenters. The Hall–Kier alpha value is -2.32. The summed E-state index contributed by atoms with van der Waals surface area (Å²) in [5, 5.41) is 11.3. The second-order valence-electron chi connectivity index (χ2n) is 4.60. The molecule has 0 aliphatic carbocycles. The SMILES string of the molecule is Nc1ccc(-c2ccc(CO)cc2)c2ccccc12. The largest absolute Gasteiger partial charge is 0.398 e. The summed E-state index contributed by atoms with van der Waals surface area (Å²) in [6, 6.07) is 20.1. The summed E-state index contributed by atoms with van der Waals surface area (Å²) < 4.78 is 0. The van der Waals surface area contributed by atoms with Crippen LogP contribution in [0.5, 0.6) is 0 Å². The third kappa shape index (κ3) is 2.07. The van der Waals surface area contributed by atoms with Crippen molar-refractivity contribution in [2.75, 3.05) is 5.73 Å². The van der Waals surface area contributed by atoms with Gasteiger partial charge in [-0.25, -0.2) is 0 Å². The monoisotopic (exact) mass is 249 g/mol. The van der Waals surface area contributed by atoms with Crippen molar-refractivity contribution in [3.63, 3.8) is 0 Å². The molecule has 0 fully saturated rings. The molecule has 0 aliphatic rings. The Morgan fingerprint density at radius 3 is 2.16 bits per heavy atom. The molecule has 3 aromatic carbocycles. The van der Waals surface area contributed by atoms with Gasteiger partial charge in [0.2, 0.25) is 0 Å². The Morgan fingerprint density at radius 2 is 1.47 bits per heavy atom. The van der Waals surface area contributed by atoms with Crippen LogP contribution < -0.4 is 5.73 Å². The lowest BCUT2D eigenvalue weighted by Crippen LogP contribution is -1.89. The number of anilines is 1. The van der Waals surface area contributed by atoms with Crippen molar-refractivity contribution in [1.82, 2.24) is 0 Å². The fourth-order valence-electron chi connectivity index (χ4n) is 2.36. The van der Waals surface area contributed by atoms with Crippen LogP contribution in [0.2, 0.25) is 0 Å². The molecule has 0 saturated heterocycles. The quantitative estimate of drug-likeness (QED) is 0.682. The number of aliphatic hydroxyl groups excluding tert-OH is 1. The van der Waals surface area contributed by atoms with Crippen LogP contribution in [0, 0.1) is 0 Å². The molecule has 3 N–H and O–H groups in total. The van der Waals surface area contributed by atoms with Crippen LogP contribution in [0.1, 0.15) is 5.56 Å². The molecule has 0 spiro atoms. The van der Waals surface area contributed by atoms with Gasteiger partial charge in [-0.1, -0.05) is 54.6 Å². The van der Waals surface area contributed by atoms with Gasteiger partial charge in [-0.05, 0) is 28.1 Å². The second-order valence-corrected chi connectivity index (χ2v) is 4.60. The van der Waals surface area contributed by atoms with Crippen LogP contribution in [-0.4, -0.2) is 5.11 Å². The molecular weight excluding hydrogens is 234 g/mol. The van der Waals surface area contributed by atoms with E-state index in [0.717, 1.165) is 33.2 Å². The van der Waals surface area contributed by atoms with Gasteiger partial charge in [-0.2, -0.15) is 0 Å². The van der Waals surface area contributed by atoms with E-state index >= 15 is 0 Å². The lowest BCUT2D eigenvalue weighted by atomic mass is 9.97. The lowest BCUT2D eigenvalue weighted by molar-refractivity contribution is 0.282. The first kappa shape index (κ1) is 11.8. The van der Waals surface area contributed by atoms with Gasteiger partial charge in [-0.15, -0.1) is 0 Å². The third-order valence-electron chi connectivity index (χ3n) is 3.41. The van der Waals surface area contributed by atoms with Crippen molar-refractivity contribution in [3.8, 4) is 11.1 Å². The van der Waals surface area contributed by atoms with Gasteiger partial charge in [0.05, 0.1) is 6.61 Å². The Labute approximate surface area is 112 Å². The molecule has 0 bridgehead atoms. The van der Waals surface area contributed by atoms with E-state index in [2.05, 4.69) is 6.07 Å². The third-order valence-corrected chi connectivity index (χ3v) is 3.41. The minimum absolute atomic E-state index is 0.0722. The van der Waals surface area contributed by atoms with Gasteiger partial charge in [0, 0.05) is 11.1 Å². The van der Waals surface area contributed by atoms with Crippen LogP contribution in [0.15, 0.2) is 60.7 Å². The van der Waals surface area contributed by atoms with Crippen LogP contribution in [0.3, 0.4) is 0 Å².